The summed E-state index contributed by atoms with van der Waals surface area (Å²) in [6, 6.07) is 3.61. The minimum atomic E-state index is -0.512. The zero-order chi connectivity index (χ0) is 15.6. The zero-order valence-corrected chi connectivity index (χ0v) is 16.5. The van der Waals surface area contributed by atoms with Crippen molar-refractivity contribution in [1.29, 1.82) is 0 Å². The number of carbonyl (C=O) groups excluding carboxylic acids is 1. The van der Waals surface area contributed by atoms with Gasteiger partial charge in [-0.3, -0.25) is 0 Å². The maximum absolute atomic E-state index is 12.5. The molecule has 4 nitrogen and oxygen atoms in total. The van der Waals surface area contributed by atoms with Gasteiger partial charge >= 0.3 is 5.97 Å². The Bertz CT molecular complexity index is 540. The first kappa shape index (κ1) is 17.3. The summed E-state index contributed by atoms with van der Waals surface area (Å²) in [4.78, 5) is 12.5. The van der Waals surface area contributed by atoms with Crippen LogP contribution in [0, 0.1) is 13.1 Å². The molecule has 1 aromatic rings. The van der Waals surface area contributed by atoms with Crippen molar-refractivity contribution >= 4 is 51.2 Å². The van der Waals surface area contributed by atoms with Gasteiger partial charge in [0.15, 0.2) is 0 Å². The lowest BCUT2D eigenvalue weighted by atomic mass is 9.83. The Balaban J connectivity index is 2.19. The van der Waals surface area contributed by atoms with Gasteiger partial charge in [-0.2, -0.15) is 0 Å². The molecule has 0 atom stereocenters. The highest BCUT2D eigenvalue weighted by Crippen LogP contribution is 2.33. The molecule has 116 valence electrons. The van der Waals surface area contributed by atoms with E-state index >= 15 is 0 Å². The number of piperidine rings is 1. The number of carbonyl (C=O) groups is 1. The Hall–Kier alpha value is -0.0900. The fourth-order valence-electron chi connectivity index (χ4n) is 2.73. The molecule has 0 aromatic heterocycles. The van der Waals surface area contributed by atoms with Crippen molar-refractivity contribution in [3.63, 3.8) is 0 Å². The molecule has 0 amide bonds. The monoisotopic (exact) mass is 516 g/mol. The average Bonchev–Trinajstić information content (AvgIpc) is 2.44. The quantitative estimate of drug-likeness (QED) is 0.480. The first-order valence-corrected chi connectivity index (χ1v) is 9.20. The van der Waals surface area contributed by atoms with E-state index in [-0.39, 0.29) is 11.3 Å². The molecule has 0 unspecified atom stereocenters. The van der Waals surface area contributed by atoms with Gasteiger partial charge in [0.1, 0.15) is 16.9 Å². The Labute approximate surface area is 152 Å². The zero-order valence-electron chi connectivity index (χ0n) is 12.2. The number of esters is 1. The lowest BCUT2D eigenvalue weighted by molar-refractivity contribution is -0.665. The molecule has 0 bridgehead atoms. The van der Waals surface area contributed by atoms with Gasteiger partial charge in [-0.25, -0.2) is 4.79 Å². The van der Waals surface area contributed by atoms with Crippen LogP contribution in [0.15, 0.2) is 12.1 Å². The Morgan fingerprint density at radius 3 is 2.48 bits per heavy atom. The number of rotatable bonds is 3. The molecular formula is C15H20I2NO3+. The number of hydrogen-bond donors (Lipinski definition) is 2. The molecule has 1 heterocycles. The molecule has 1 aliphatic rings. The maximum Gasteiger partial charge on any atom is 0.343 e. The second-order valence-electron chi connectivity index (χ2n) is 5.89. The van der Waals surface area contributed by atoms with Crippen molar-refractivity contribution in [3.05, 3.63) is 24.8 Å². The summed E-state index contributed by atoms with van der Waals surface area (Å²) in [5.74, 6) is -0.0516. The van der Waals surface area contributed by atoms with E-state index in [9.17, 15) is 9.90 Å². The largest absolute Gasteiger partial charge is 0.506 e. The van der Waals surface area contributed by atoms with Gasteiger partial charge in [-0.15, -0.1) is 0 Å². The van der Waals surface area contributed by atoms with E-state index in [0.29, 0.717) is 13.1 Å². The van der Waals surface area contributed by atoms with Crippen LogP contribution in [-0.2, 0) is 4.74 Å². The van der Waals surface area contributed by atoms with Crippen molar-refractivity contribution < 1.29 is 20.0 Å². The summed E-state index contributed by atoms with van der Waals surface area (Å²) in [5, 5.41) is 12.4. The Morgan fingerprint density at radius 2 is 1.86 bits per heavy atom. The van der Waals surface area contributed by atoms with Gasteiger partial charge in [0.2, 0.25) is 0 Å². The van der Waals surface area contributed by atoms with Crippen LogP contribution in [0.3, 0.4) is 0 Å². The third-order valence-electron chi connectivity index (χ3n) is 4.06. The van der Waals surface area contributed by atoms with Gasteiger partial charge < -0.3 is 15.2 Å². The fraction of sp³-hybridized carbons (Fsp3) is 0.533. The van der Waals surface area contributed by atoms with Crippen molar-refractivity contribution in [2.75, 3.05) is 13.1 Å². The maximum atomic E-state index is 12.5. The predicted molar refractivity (Wildman–Crippen MR) is 97.4 cm³/mol. The normalized spacial score (nSPS) is 16.8. The smallest absolute Gasteiger partial charge is 0.343 e. The number of hydrogen-bond acceptors (Lipinski definition) is 3. The molecule has 0 saturated carbocycles. The highest BCUT2D eigenvalue weighted by atomic mass is 127. The molecule has 1 aliphatic heterocycles. The lowest BCUT2D eigenvalue weighted by Gasteiger charge is -2.35. The Morgan fingerprint density at radius 1 is 1.29 bits per heavy atom. The molecule has 21 heavy (non-hydrogen) atoms. The first-order chi connectivity index (χ1) is 9.83. The van der Waals surface area contributed by atoms with E-state index in [1.807, 2.05) is 42.5 Å². The SMILES string of the molecule is CC(C)(OC(=O)c1c(I)ccc(I)c1O)C1CC[NH2+]CC1. The molecule has 0 spiro atoms. The topological polar surface area (TPSA) is 63.1 Å². The third kappa shape index (κ3) is 4.01. The van der Waals surface area contributed by atoms with Crippen LogP contribution in [0.1, 0.15) is 37.0 Å². The van der Waals surface area contributed by atoms with Crippen LogP contribution in [0.5, 0.6) is 5.75 Å². The number of benzene rings is 1. The van der Waals surface area contributed by atoms with Crippen LogP contribution in [0.25, 0.3) is 0 Å². The standard InChI is InChI=1S/C15H19I2NO3/c1-15(2,9-5-7-18-8-6-9)21-14(20)12-10(16)3-4-11(17)13(12)19/h3-4,9,18-19H,5-8H2,1-2H3/p+1. The van der Waals surface area contributed by atoms with E-state index in [4.69, 9.17) is 4.74 Å². The highest BCUT2D eigenvalue weighted by molar-refractivity contribution is 14.1. The number of nitrogens with two attached hydrogens (primary N) is 1. The van der Waals surface area contributed by atoms with E-state index in [1.165, 1.54) is 0 Å². The predicted octanol–water partition coefficient (Wildman–Crippen LogP) is 2.51. The summed E-state index contributed by atoms with van der Waals surface area (Å²) in [7, 11) is 0. The van der Waals surface area contributed by atoms with Crippen LogP contribution in [-0.4, -0.2) is 29.8 Å². The molecule has 0 radical (unpaired) electrons. The van der Waals surface area contributed by atoms with E-state index < -0.39 is 11.6 Å². The van der Waals surface area contributed by atoms with E-state index in [0.717, 1.165) is 25.9 Å². The van der Waals surface area contributed by atoms with E-state index in [1.54, 1.807) is 6.07 Å². The van der Waals surface area contributed by atoms with Gasteiger partial charge in [-0.05, 0) is 71.2 Å². The van der Waals surface area contributed by atoms with Gasteiger partial charge in [0.05, 0.1) is 16.7 Å². The summed E-state index contributed by atoms with van der Waals surface area (Å²) < 4.78 is 7.13. The summed E-state index contributed by atoms with van der Waals surface area (Å²) in [5.41, 5.74) is -0.236. The molecule has 2 rings (SSSR count). The molecule has 1 saturated heterocycles. The van der Waals surface area contributed by atoms with Gasteiger partial charge in [-0.1, -0.05) is 0 Å². The number of quaternary nitrogens is 1. The van der Waals surface area contributed by atoms with Crippen LogP contribution in [0.2, 0.25) is 0 Å². The summed E-state index contributed by atoms with van der Waals surface area (Å²) in [6.07, 6.45) is 2.10. The van der Waals surface area contributed by atoms with Crippen molar-refractivity contribution in [1.82, 2.24) is 0 Å². The minimum Gasteiger partial charge on any atom is -0.506 e. The second kappa shape index (κ2) is 6.99. The average molecular weight is 516 g/mol. The van der Waals surface area contributed by atoms with Crippen molar-refractivity contribution in [2.24, 2.45) is 5.92 Å². The number of ether oxygens (including phenoxy) is 1. The molecule has 6 heteroatoms. The van der Waals surface area contributed by atoms with Crippen LogP contribution in [0.4, 0.5) is 0 Å². The van der Waals surface area contributed by atoms with Crippen molar-refractivity contribution in [2.45, 2.75) is 32.3 Å². The molecule has 0 aliphatic carbocycles. The first-order valence-electron chi connectivity index (χ1n) is 7.05. The highest BCUT2D eigenvalue weighted by Gasteiger charge is 2.36. The van der Waals surface area contributed by atoms with E-state index in [2.05, 4.69) is 27.9 Å². The minimum absolute atomic E-state index is 0.0141. The third-order valence-corrected chi connectivity index (χ3v) is 5.83. The molecule has 1 fully saturated rings. The lowest BCUT2D eigenvalue weighted by Crippen LogP contribution is -2.86. The Kier molecular flexibility index (Phi) is 5.75. The molecule has 1 aromatic carbocycles. The fourth-order valence-corrected chi connectivity index (χ4v) is 3.84. The van der Waals surface area contributed by atoms with Gasteiger partial charge in [0, 0.05) is 22.3 Å². The number of halogens is 2. The van der Waals surface area contributed by atoms with Crippen LogP contribution >= 0.6 is 45.2 Å². The summed E-state index contributed by atoms with van der Waals surface area (Å²) >= 11 is 4.07. The number of phenolic OH excluding ortho intramolecular Hbond substituents is 1. The molecular weight excluding hydrogens is 496 g/mol. The summed E-state index contributed by atoms with van der Waals surface area (Å²) in [6.45, 7) is 6.10. The van der Waals surface area contributed by atoms with Crippen molar-refractivity contribution in [3.8, 4) is 5.75 Å². The molecule has 3 N–H and O–H groups in total. The number of phenols is 1. The number of aromatic hydroxyl groups is 1. The van der Waals surface area contributed by atoms with Crippen LogP contribution < -0.4 is 5.32 Å². The second-order valence-corrected chi connectivity index (χ2v) is 8.21. The van der Waals surface area contributed by atoms with Gasteiger partial charge in [0.25, 0.3) is 0 Å².